The Morgan fingerprint density at radius 1 is 1.07 bits per heavy atom. The van der Waals surface area contributed by atoms with Crippen molar-refractivity contribution in [2.45, 2.75) is 39.5 Å². The number of amides is 1. The van der Waals surface area contributed by atoms with E-state index < -0.39 is 28.0 Å². The van der Waals surface area contributed by atoms with Gasteiger partial charge in [-0.05, 0) is 43.7 Å². The van der Waals surface area contributed by atoms with Crippen LogP contribution < -0.4 is 14.8 Å². The predicted molar refractivity (Wildman–Crippen MR) is 114 cm³/mol. The topological polar surface area (TPSA) is 122 Å². The number of carbonyl (C=O) groups excluding carboxylic acids is 1. The van der Waals surface area contributed by atoms with E-state index in [1.165, 1.54) is 12.1 Å². The Kier molecular flexibility index (Phi) is 6.77. The Morgan fingerprint density at radius 3 is 2.30 bits per heavy atom. The maximum absolute atomic E-state index is 12.9. The van der Waals surface area contributed by atoms with Gasteiger partial charge in [-0.2, -0.15) is 0 Å². The molecule has 0 saturated heterocycles. The molecular formula is C21H26N2O6S. The number of carboxylic acid groups (broad SMARTS) is 1. The second kappa shape index (κ2) is 8.74. The third-order valence-corrected chi connectivity index (χ3v) is 5.76. The van der Waals surface area contributed by atoms with Crippen molar-refractivity contribution in [2.75, 3.05) is 16.6 Å². The molecule has 0 aromatic heterocycles. The molecule has 162 valence electrons. The zero-order valence-corrected chi connectivity index (χ0v) is 18.4. The molecule has 2 rings (SSSR count). The SMILES string of the molecule is Cc1ccc(S(=O)(=O)Nc2cccc(NC(=O)C(C)(C)C)c2)c(C)c1OCC(=O)O. The van der Waals surface area contributed by atoms with Crippen LogP contribution in [-0.4, -0.2) is 32.0 Å². The quantitative estimate of drug-likeness (QED) is 0.613. The van der Waals surface area contributed by atoms with Crippen molar-refractivity contribution in [1.82, 2.24) is 0 Å². The Hall–Kier alpha value is -3.07. The van der Waals surface area contributed by atoms with E-state index in [1.54, 1.807) is 58.9 Å². The number of rotatable bonds is 7. The van der Waals surface area contributed by atoms with Crippen LogP contribution in [0, 0.1) is 19.3 Å². The molecule has 2 aromatic carbocycles. The number of aryl methyl sites for hydroxylation is 1. The summed E-state index contributed by atoms with van der Waals surface area (Å²) in [5.74, 6) is -1.14. The van der Waals surface area contributed by atoms with Gasteiger partial charge in [-0.25, -0.2) is 13.2 Å². The first-order valence-electron chi connectivity index (χ1n) is 9.20. The van der Waals surface area contributed by atoms with Gasteiger partial charge in [0.25, 0.3) is 10.0 Å². The van der Waals surface area contributed by atoms with Crippen LogP contribution in [0.25, 0.3) is 0 Å². The molecular weight excluding hydrogens is 408 g/mol. The van der Waals surface area contributed by atoms with Crippen molar-refractivity contribution in [1.29, 1.82) is 0 Å². The first kappa shape index (κ1) is 23.2. The number of carbonyl (C=O) groups is 2. The molecule has 0 aliphatic rings. The minimum Gasteiger partial charge on any atom is -0.481 e. The average Bonchev–Trinajstić information content (AvgIpc) is 2.60. The lowest BCUT2D eigenvalue weighted by Gasteiger charge is -2.18. The van der Waals surface area contributed by atoms with Gasteiger partial charge in [-0.15, -0.1) is 0 Å². The Labute approximate surface area is 176 Å². The number of benzene rings is 2. The first-order chi connectivity index (χ1) is 13.8. The second-order valence-electron chi connectivity index (χ2n) is 7.91. The Bertz CT molecular complexity index is 1070. The van der Waals surface area contributed by atoms with E-state index in [1.807, 2.05) is 0 Å². The molecule has 3 N–H and O–H groups in total. The first-order valence-corrected chi connectivity index (χ1v) is 10.7. The number of aliphatic carboxylic acids is 1. The van der Waals surface area contributed by atoms with Crippen molar-refractivity contribution < 1.29 is 27.9 Å². The van der Waals surface area contributed by atoms with E-state index in [2.05, 4.69) is 10.0 Å². The van der Waals surface area contributed by atoms with Crippen LogP contribution in [-0.2, 0) is 19.6 Å². The fourth-order valence-electron chi connectivity index (χ4n) is 2.65. The standard InChI is InChI=1S/C21H26N2O6S/c1-13-9-10-17(14(2)19(13)29-12-18(24)25)30(27,28)23-16-8-6-7-15(11-16)22-20(26)21(3,4)5/h6-11,23H,12H2,1-5H3,(H,22,26)(H,24,25). The molecule has 0 atom stereocenters. The molecule has 0 aliphatic carbocycles. The summed E-state index contributed by atoms with van der Waals surface area (Å²) in [5, 5.41) is 11.6. The lowest BCUT2D eigenvalue weighted by Crippen LogP contribution is -2.27. The van der Waals surface area contributed by atoms with E-state index in [-0.39, 0.29) is 22.2 Å². The molecule has 0 heterocycles. The van der Waals surface area contributed by atoms with Gasteiger partial charge in [0, 0.05) is 16.7 Å². The number of carboxylic acids is 1. The van der Waals surface area contributed by atoms with E-state index in [0.717, 1.165) is 0 Å². The highest BCUT2D eigenvalue weighted by atomic mass is 32.2. The number of hydrogen-bond donors (Lipinski definition) is 3. The number of hydrogen-bond acceptors (Lipinski definition) is 5. The maximum Gasteiger partial charge on any atom is 0.341 e. The zero-order chi connectivity index (χ0) is 22.7. The molecule has 0 bridgehead atoms. The minimum absolute atomic E-state index is 0.0300. The molecule has 2 aromatic rings. The normalized spacial score (nSPS) is 11.6. The number of sulfonamides is 1. The van der Waals surface area contributed by atoms with Gasteiger partial charge in [0.15, 0.2) is 6.61 Å². The average molecular weight is 435 g/mol. The van der Waals surface area contributed by atoms with Gasteiger partial charge in [0.2, 0.25) is 5.91 Å². The summed E-state index contributed by atoms with van der Waals surface area (Å²) in [7, 11) is -3.99. The van der Waals surface area contributed by atoms with Crippen LogP contribution in [0.3, 0.4) is 0 Å². The highest BCUT2D eigenvalue weighted by Crippen LogP contribution is 2.30. The van der Waals surface area contributed by atoms with Crippen LogP contribution in [0.1, 0.15) is 31.9 Å². The molecule has 30 heavy (non-hydrogen) atoms. The van der Waals surface area contributed by atoms with Crippen molar-refractivity contribution in [3.63, 3.8) is 0 Å². The number of ether oxygens (including phenoxy) is 1. The van der Waals surface area contributed by atoms with E-state index >= 15 is 0 Å². The highest BCUT2D eigenvalue weighted by molar-refractivity contribution is 7.92. The third kappa shape index (κ3) is 5.73. The van der Waals surface area contributed by atoms with Gasteiger partial charge < -0.3 is 15.2 Å². The number of nitrogens with one attached hydrogen (secondary N) is 2. The summed E-state index contributed by atoms with van der Waals surface area (Å²) in [5.41, 5.74) is 1.07. The van der Waals surface area contributed by atoms with Crippen LogP contribution in [0.4, 0.5) is 11.4 Å². The van der Waals surface area contributed by atoms with E-state index in [0.29, 0.717) is 16.8 Å². The smallest absolute Gasteiger partial charge is 0.341 e. The highest BCUT2D eigenvalue weighted by Gasteiger charge is 2.23. The fourth-order valence-corrected chi connectivity index (χ4v) is 3.94. The van der Waals surface area contributed by atoms with Gasteiger partial charge in [0.1, 0.15) is 5.75 Å². The van der Waals surface area contributed by atoms with E-state index in [4.69, 9.17) is 9.84 Å². The van der Waals surface area contributed by atoms with Crippen LogP contribution in [0.2, 0.25) is 0 Å². The largest absolute Gasteiger partial charge is 0.481 e. The molecule has 0 radical (unpaired) electrons. The molecule has 9 heteroatoms. The minimum atomic E-state index is -3.99. The molecule has 0 unspecified atom stereocenters. The van der Waals surface area contributed by atoms with Crippen LogP contribution >= 0.6 is 0 Å². The maximum atomic E-state index is 12.9. The Morgan fingerprint density at radius 2 is 1.70 bits per heavy atom. The van der Waals surface area contributed by atoms with Crippen molar-refractivity contribution in [2.24, 2.45) is 5.41 Å². The number of anilines is 2. The molecule has 1 amide bonds. The monoisotopic (exact) mass is 434 g/mol. The molecule has 0 saturated carbocycles. The van der Waals surface area contributed by atoms with Crippen LogP contribution in [0.5, 0.6) is 5.75 Å². The van der Waals surface area contributed by atoms with Crippen molar-refractivity contribution >= 4 is 33.3 Å². The molecule has 0 fully saturated rings. The van der Waals surface area contributed by atoms with Crippen molar-refractivity contribution in [3.05, 3.63) is 47.5 Å². The molecule has 0 aliphatic heterocycles. The van der Waals surface area contributed by atoms with E-state index in [9.17, 15) is 18.0 Å². The van der Waals surface area contributed by atoms with Gasteiger partial charge in [-0.3, -0.25) is 9.52 Å². The second-order valence-corrected chi connectivity index (χ2v) is 9.56. The van der Waals surface area contributed by atoms with Crippen molar-refractivity contribution in [3.8, 4) is 5.75 Å². The Balaban J connectivity index is 2.31. The summed E-state index contributed by atoms with van der Waals surface area (Å²) in [6.07, 6.45) is 0. The summed E-state index contributed by atoms with van der Waals surface area (Å²) in [6, 6.07) is 9.36. The third-order valence-electron chi connectivity index (χ3n) is 4.24. The van der Waals surface area contributed by atoms with Crippen LogP contribution in [0.15, 0.2) is 41.3 Å². The summed E-state index contributed by atoms with van der Waals surface area (Å²) >= 11 is 0. The lowest BCUT2D eigenvalue weighted by atomic mass is 9.95. The van der Waals surface area contributed by atoms with Gasteiger partial charge in [-0.1, -0.05) is 32.9 Å². The molecule has 0 spiro atoms. The zero-order valence-electron chi connectivity index (χ0n) is 17.6. The summed E-state index contributed by atoms with van der Waals surface area (Å²) in [4.78, 5) is 22.9. The molecule has 8 nitrogen and oxygen atoms in total. The van der Waals surface area contributed by atoms with Gasteiger partial charge >= 0.3 is 5.97 Å². The van der Waals surface area contributed by atoms with Gasteiger partial charge in [0.05, 0.1) is 10.6 Å². The summed E-state index contributed by atoms with van der Waals surface area (Å²) in [6.45, 7) is 8.01. The predicted octanol–water partition coefficient (Wildman–Crippen LogP) is 3.55. The summed E-state index contributed by atoms with van der Waals surface area (Å²) < 4.78 is 33.7. The lowest BCUT2D eigenvalue weighted by molar-refractivity contribution is -0.139. The fraction of sp³-hybridized carbons (Fsp3) is 0.333.